The zero-order valence-corrected chi connectivity index (χ0v) is 11.6. The molecule has 1 aromatic rings. The van der Waals surface area contributed by atoms with Crippen LogP contribution in [0, 0.1) is 26.9 Å². The van der Waals surface area contributed by atoms with Gasteiger partial charge in [-0.3, -0.25) is 10.1 Å². The molecule has 1 fully saturated rings. The molecule has 1 heterocycles. The van der Waals surface area contributed by atoms with Gasteiger partial charge in [-0.2, -0.15) is 5.26 Å². The van der Waals surface area contributed by atoms with Gasteiger partial charge < -0.3 is 10.1 Å². The lowest BCUT2D eigenvalue weighted by Gasteiger charge is -2.51. The first-order valence-corrected chi connectivity index (χ1v) is 6.24. The standard InChI is InChI=1S/C13H16N4O3/c1-13(2)9(6-10(13)20-3)16-12-11(17(18)19)8(7-14)4-5-15-12/h4-5,9-10H,6H2,1-3H3,(H,15,16). The van der Waals surface area contributed by atoms with E-state index in [0.717, 1.165) is 6.42 Å². The van der Waals surface area contributed by atoms with E-state index in [9.17, 15) is 10.1 Å². The summed E-state index contributed by atoms with van der Waals surface area (Å²) in [7, 11) is 1.65. The average molecular weight is 276 g/mol. The van der Waals surface area contributed by atoms with E-state index >= 15 is 0 Å². The van der Waals surface area contributed by atoms with Gasteiger partial charge in [0.2, 0.25) is 5.82 Å². The van der Waals surface area contributed by atoms with Crippen LogP contribution in [0.1, 0.15) is 25.8 Å². The second-order valence-electron chi connectivity index (χ2n) is 5.40. The Balaban J connectivity index is 2.28. The Morgan fingerprint density at radius 2 is 2.35 bits per heavy atom. The Morgan fingerprint density at radius 1 is 1.65 bits per heavy atom. The van der Waals surface area contributed by atoms with Crippen molar-refractivity contribution in [2.24, 2.45) is 5.41 Å². The summed E-state index contributed by atoms with van der Waals surface area (Å²) >= 11 is 0. The zero-order chi connectivity index (χ0) is 14.9. The van der Waals surface area contributed by atoms with E-state index in [4.69, 9.17) is 10.00 Å². The van der Waals surface area contributed by atoms with Crippen LogP contribution in [0.5, 0.6) is 0 Å². The maximum Gasteiger partial charge on any atom is 0.328 e. The number of aromatic nitrogens is 1. The van der Waals surface area contributed by atoms with Crippen molar-refractivity contribution < 1.29 is 9.66 Å². The van der Waals surface area contributed by atoms with Gasteiger partial charge in [0.05, 0.1) is 11.0 Å². The van der Waals surface area contributed by atoms with Crippen LogP contribution in [0.2, 0.25) is 0 Å². The summed E-state index contributed by atoms with van der Waals surface area (Å²) in [6.07, 6.45) is 2.25. The number of ether oxygens (including phenoxy) is 1. The normalized spacial score (nSPS) is 23.5. The molecule has 7 nitrogen and oxygen atoms in total. The third kappa shape index (κ3) is 2.18. The van der Waals surface area contributed by atoms with Crippen LogP contribution in [-0.2, 0) is 4.74 Å². The number of nitriles is 1. The minimum Gasteiger partial charge on any atom is -0.381 e. The fourth-order valence-corrected chi connectivity index (χ4v) is 2.53. The smallest absolute Gasteiger partial charge is 0.328 e. The Bertz CT molecular complexity index is 579. The molecule has 0 bridgehead atoms. The van der Waals surface area contributed by atoms with Crippen LogP contribution in [-0.4, -0.2) is 29.2 Å². The molecule has 2 unspecified atom stereocenters. The van der Waals surface area contributed by atoms with Crippen LogP contribution < -0.4 is 5.32 Å². The molecule has 2 atom stereocenters. The maximum atomic E-state index is 11.1. The van der Waals surface area contributed by atoms with Crippen molar-refractivity contribution in [3.8, 4) is 6.07 Å². The molecule has 0 radical (unpaired) electrons. The van der Waals surface area contributed by atoms with Gasteiger partial charge in [0.1, 0.15) is 11.6 Å². The highest BCUT2D eigenvalue weighted by Crippen LogP contribution is 2.44. The van der Waals surface area contributed by atoms with Gasteiger partial charge in [-0.05, 0) is 12.5 Å². The Labute approximate surface area is 116 Å². The predicted molar refractivity (Wildman–Crippen MR) is 72.2 cm³/mol. The number of nitro groups is 1. The van der Waals surface area contributed by atoms with E-state index in [-0.39, 0.29) is 34.6 Å². The van der Waals surface area contributed by atoms with Gasteiger partial charge >= 0.3 is 5.69 Å². The molecule has 0 spiro atoms. The lowest BCUT2D eigenvalue weighted by Crippen LogP contribution is -2.57. The molecule has 2 rings (SSSR count). The van der Waals surface area contributed by atoms with Crippen LogP contribution in [0.4, 0.5) is 11.5 Å². The molecule has 106 valence electrons. The van der Waals surface area contributed by atoms with Gasteiger partial charge in [-0.25, -0.2) is 4.98 Å². The highest BCUT2D eigenvalue weighted by Gasteiger charge is 2.49. The van der Waals surface area contributed by atoms with Gasteiger partial charge in [0, 0.05) is 24.8 Å². The first-order chi connectivity index (χ1) is 9.41. The Morgan fingerprint density at radius 3 is 2.85 bits per heavy atom. The first kappa shape index (κ1) is 14.2. The summed E-state index contributed by atoms with van der Waals surface area (Å²) in [6, 6.07) is 3.18. The third-order valence-corrected chi connectivity index (χ3v) is 4.00. The first-order valence-electron chi connectivity index (χ1n) is 6.24. The number of pyridine rings is 1. The van der Waals surface area contributed by atoms with E-state index in [1.54, 1.807) is 7.11 Å². The average Bonchev–Trinajstić information content (AvgIpc) is 2.42. The van der Waals surface area contributed by atoms with Gasteiger partial charge in [0.25, 0.3) is 0 Å². The fourth-order valence-electron chi connectivity index (χ4n) is 2.53. The molecule has 0 saturated heterocycles. The third-order valence-electron chi connectivity index (χ3n) is 4.00. The number of hydrogen-bond donors (Lipinski definition) is 1. The predicted octanol–water partition coefficient (Wildman–Crippen LogP) is 2.09. The van der Waals surface area contributed by atoms with E-state index < -0.39 is 4.92 Å². The summed E-state index contributed by atoms with van der Waals surface area (Å²) in [4.78, 5) is 14.5. The van der Waals surface area contributed by atoms with Crippen molar-refractivity contribution in [3.63, 3.8) is 0 Å². The van der Waals surface area contributed by atoms with Crippen molar-refractivity contribution in [1.29, 1.82) is 5.26 Å². The largest absolute Gasteiger partial charge is 0.381 e. The second-order valence-corrected chi connectivity index (χ2v) is 5.40. The monoisotopic (exact) mass is 276 g/mol. The summed E-state index contributed by atoms with van der Waals surface area (Å²) in [5.41, 5.74) is -0.410. The lowest BCUT2D eigenvalue weighted by atomic mass is 9.64. The second kappa shape index (κ2) is 5.06. The van der Waals surface area contributed by atoms with Gasteiger partial charge in [0.15, 0.2) is 0 Å². The minimum atomic E-state index is -0.576. The Kier molecular flexibility index (Phi) is 3.59. The number of hydrogen-bond acceptors (Lipinski definition) is 6. The number of nitrogens with one attached hydrogen (secondary N) is 1. The lowest BCUT2D eigenvalue weighted by molar-refractivity contribution is -0.384. The van der Waals surface area contributed by atoms with Crippen LogP contribution in [0.3, 0.4) is 0 Å². The summed E-state index contributed by atoms with van der Waals surface area (Å²) in [6.45, 7) is 4.06. The molecule has 1 saturated carbocycles. The number of rotatable bonds is 4. The van der Waals surface area contributed by atoms with E-state index in [0.29, 0.717) is 0 Å². The highest BCUT2D eigenvalue weighted by molar-refractivity contribution is 5.64. The van der Waals surface area contributed by atoms with Crippen LogP contribution in [0.25, 0.3) is 0 Å². The fraction of sp³-hybridized carbons (Fsp3) is 0.538. The molecule has 20 heavy (non-hydrogen) atoms. The molecule has 0 aliphatic heterocycles. The van der Waals surface area contributed by atoms with Gasteiger partial charge in [-0.15, -0.1) is 0 Å². The van der Waals surface area contributed by atoms with Crippen molar-refractivity contribution in [3.05, 3.63) is 27.9 Å². The topological polar surface area (TPSA) is 101 Å². The molecular formula is C13H16N4O3. The van der Waals surface area contributed by atoms with Crippen LogP contribution >= 0.6 is 0 Å². The zero-order valence-electron chi connectivity index (χ0n) is 11.6. The number of methoxy groups -OCH3 is 1. The summed E-state index contributed by atoms with van der Waals surface area (Å²) < 4.78 is 5.35. The highest BCUT2D eigenvalue weighted by atomic mass is 16.6. The molecule has 0 amide bonds. The van der Waals surface area contributed by atoms with E-state index in [2.05, 4.69) is 10.3 Å². The molecule has 1 aliphatic rings. The quantitative estimate of drug-likeness (QED) is 0.667. The van der Waals surface area contributed by atoms with Crippen LogP contribution in [0.15, 0.2) is 12.3 Å². The van der Waals surface area contributed by atoms with Crippen molar-refractivity contribution >= 4 is 11.5 Å². The molecule has 1 aromatic heterocycles. The molecule has 1 aliphatic carbocycles. The molecule has 0 aromatic carbocycles. The maximum absolute atomic E-state index is 11.1. The SMILES string of the molecule is COC1CC(Nc2nccc(C#N)c2[N+](=O)[O-])C1(C)C. The van der Waals surface area contributed by atoms with Gasteiger partial charge in [-0.1, -0.05) is 13.8 Å². The summed E-state index contributed by atoms with van der Waals surface area (Å²) in [5.74, 6) is 0.140. The molecule has 1 N–H and O–H groups in total. The molecule has 7 heteroatoms. The number of anilines is 1. The van der Waals surface area contributed by atoms with E-state index in [1.807, 2.05) is 19.9 Å². The summed E-state index contributed by atoms with van der Waals surface area (Å²) in [5, 5.41) is 23.1. The van der Waals surface area contributed by atoms with Crippen molar-refractivity contribution in [2.75, 3.05) is 12.4 Å². The van der Waals surface area contributed by atoms with Crippen molar-refractivity contribution in [2.45, 2.75) is 32.4 Å². The molecular weight excluding hydrogens is 260 g/mol. The Hall–Kier alpha value is -2.20. The van der Waals surface area contributed by atoms with E-state index in [1.165, 1.54) is 12.3 Å². The van der Waals surface area contributed by atoms with Crippen molar-refractivity contribution in [1.82, 2.24) is 4.98 Å². The minimum absolute atomic E-state index is 0.00733. The number of nitrogens with zero attached hydrogens (tertiary/aromatic N) is 3.